The first-order valence-corrected chi connectivity index (χ1v) is 4.71. The molecule has 1 heterocycles. The van der Waals surface area contributed by atoms with Gasteiger partial charge in [0.2, 0.25) is 0 Å². The third-order valence-corrected chi connectivity index (χ3v) is 2.47. The molecule has 1 rings (SSSR count). The SMILES string of the molecule is N#Cc1ncc(OC(F)(F)F)c(CN)c1Br. The molecule has 0 aliphatic rings. The van der Waals surface area contributed by atoms with E-state index in [-0.39, 0.29) is 22.3 Å². The van der Waals surface area contributed by atoms with Gasteiger partial charge in [-0.05, 0) is 15.9 Å². The van der Waals surface area contributed by atoms with Gasteiger partial charge >= 0.3 is 6.36 Å². The minimum absolute atomic E-state index is 0.0453. The zero-order valence-corrected chi connectivity index (χ0v) is 9.26. The number of hydrogen-bond acceptors (Lipinski definition) is 4. The van der Waals surface area contributed by atoms with E-state index in [9.17, 15) is 13.2 Å². The van der Waals surface area contributed by atoms with Crippen molar-refractivity contribution in [3.05, 3.63) is 21.9 Å². The van der Waals surface area contributed by atoms with Crippen LogP contribution in [0.15, 0.2) is 10.7 Å². The Kier molecular flexibility index (Phi) is 3.72. The Hall–Kier alpha value is -1.33. The monoisotopic (exact) mass is 295 g/mol. The Balaban J connectivity index is 3.22. The summed E-state index contributed by atoms with van der Waals surface area (Å²) in [5.74, 6) is -0.513. The van der Waals surface area contributed by atoms with E-state index < -0.39 is 12.1 Å². The highest BCUT2D eigenvalue weighted by molar-refractivity contribution is 9.10. The summed E-state index contributed by atoms with van der Waals surface area (Å²) < 4.78 is 39.8. The molecule has 16 heavy (non-hydrogen) atoms. The van der Waals surface area contributed by atoms with Crippen molar-refractivity contribution in [3.63, 3.8) is 0 Å². The van der Waals surface area contributed by atoms with Gasteiger partial charge in [-0.3, -0.25) is 0 Å². The number of pyridine rings is 1. The van der Waals surface area contributed by atoms with E-state index in [0.717, 1.165) is 6.20 Å². The van der Waals surface area contributed by atoms with Gasteiger partial charge in [-0.25, -0.2) is 4.98 Å². The molecular formula is C8H5BrF3N3O. The normalized spacial score (nSPS) is 11.0. The Morgan fingerprint density at radius 2 is 2.19 bits per heavy atom. The lowest BCUT2D eigenvalue weighted by Gasteiger charge is -2.13. The second-order valence-electron chi connectivity index (χ2n) is 2.63. The lowest BCUT2D eigenvalue weighted by molar-refractivity contribution is -0.275. The first kappa shape index (κ1) is 12.7. The Morgan fingerprint density at radius 1 is 1.56 bits per heavy atom. The molecule has 1 aromatic heterocycles. The van der Waals surface area contributed by atoms with Gasteiger partial charge in [-0.2, -0.15) is 5.26 Å². The molecule has 8 heteroatoms. The van der Waals surface area contributed by atoms with Gasteiger partial charge in [-0.1, -0.05) is 0 Å². The van der Waals surface area contributed by atoms with E-state index in [2.05, 4.69) is 25.7 Å². The zero-order chi connectivity index (χ0) is 12.3. The van der Waals surface area contributed by atoms with E-state index in [1.54, 1.807) is 6.07 Å². The largest absolute Gasteiger partial charge is 0.573 e. The van der Waals surface area contributed by atoms with Crippen molar-refractivity contribution in [3.8, 4) is 11.8 Å². The third kappa shape index (κ3) is 2.84. The Labute approximate surface area is 97.0 Å². The topological polar surface area (TPSA) is 71.9 Å². The van der Waals surface area contributed by atoms with Crippen molar-refractivity contribution in [1.29, 1.82) is 5.26 Å². The van der Waals surface area contributed by atoms with Crippen molar-refractivity contribution >= 4 is 15.9 Å². The van der Waals surface area contributed by atoms with E-state index in [1.807, 2.05) is 0 Å². The molecule has 0 bridgehead atoms. The average molecular weight is 296 g/mol. The molecule has 0 radical (unpaired) electrons. The summed E-state index contributed by atoms with van der Waals surface area (Å²) in [5, 5.41) is 8.62. The predicted octanol–water partition coefficient (Wildman–Crippen LogP) is 2.07. The summed E-state index contributed by atoms with van der Waals surface area (Å²) in [6.07, 6.45) is -4.00. The van der Waals surface area contributed by atoms with Crippen LogP contribution in [0.5, 0.6) is 5.75 Å². The number of rotatable bonds is 2. The molecular weight excluding hydrogens is 291 g/mol. The molecule has 0 saturated carbocycles. The van der Waals surface area contributed by atoms with Crippen LogP contribution in [0.4, 0.5) is 13.2 Å². The number of ether oxygens (including phenoxy) is 1. The van der Waals surface area contributed by atoms with E-state index in [0.29, 0.717) is 0 Å². The summed E-state index contributed by atoms with van der Waals surface area (Å²) in [5.41, 5.74) is 5.28. The molecule has 0 saturated heterocycles. The summed E-state index contributed by atoms with van der Waals surface area (Å²) >= 11 is 2.95. The molecule has 0 atom stereocenters. The second kappa shape index (κ2) is 4.67. The maximum Gasteiger partial charge on any atom is 0.573 e. The summed E-state index contributed by atoms with van der Waals surface area (Å²) in [4.78, 5) is 3.50. The van der Waals surface area contributed by atoms with Crippen molar-refractivity contribution < 1.29 is 17.9 Å². The van der Waals surface area contributed by atoms with Gasteiger partial charge in [-0.15, -0.1) is 13.2 Å². The van der Waals surface area contributed by atoms with Crippen molar-refractivity contribution in [2.24, 2.45) is 5.73 Å². The van der Waals surface area contributed by atoms with E-state index in [1.165, 1.54) is 0 Å². The lowest BCUT2D eigenvalue weighted by Crippen LogP contribution is -2.19. The quantitative estimate of drug-likeness (QED) is 0.907. The molecule has 86 valence electrons. The van der Waals surface area contributed by atoms with Gasteiger partial charge in [0.25, 0.3) is 0 Å². The smallest absolute Gasteiger partial charge is 0.404 e. The summed E-state index contributed by atoms with van der Waals surface area (Å²) in [7, 11) is 0. The number of hydrogen-bond donors (Lipinski definition) is 1. The van der Waals surface area contributed by atoms with Crippen LogP contribution >= 0.6 is 15.9 Å². The van der Waals surface area contributed by atoms with Gasteiger partial charge in [0.15, 0.2) is 11.4 Å². The van der Waals surface area contributed by atoms with Crippen LogP contribution in [0.2, 0.25) is 0 Å². The molecule has 0 aliphatic carbocycles. The standard InChI is InChI=1S/C8H5BrF3N3O/c9-7-4(1-13)6(16-8(10,11)12)3-15-5(7)2-14/h3H,1,13H2. The second-order valence-corrected chi connectivity index (χ2v) is 3.42. The number of nitriles is 1. The fourth-order valence-electron chi connectivity index (χ4n) is 0.990. The number of nitrogens with zero attached hydrogens (tertiary/aromatic N) is 2. The molecule has 4 nitrogen and oxygen atoms in total. The number of nitrogens with two attached hydrogens (primary N) is 1. The number of halogens is 4. The van der Waals surface area contributed by atoms with Crippen LogP contribution in [0.1, 0.15) is 11.3 Å². The Morgan fingerprint density at radius 3 is 2.62 bits per heavy atom. The molecule has 0 fully saturated rings. The highest BCUT2D eigenvalue weighted by Gasteiger charge is 2.32. The predicted molar refractivity (Wildman–Crippen MR) is 51.2 cm³/mol. The van der Waals surface area contributed by atoms with Gasteiger partial charge in [0.05, 0.1) is 10.7 Å². The minimum atomic E-state index is -4.82. The van der Waals surface area contributed by atoms with Crippen molar-refractivity contribution in [2.75, 3.05) is 0 Å². The van der Waals surface area contributed by atoms with Gasteiger partial charge in [0, 0.05) is 12.1 Å². The van der Waals surface area contributed by atoms with Crippen LogP contribution in [0.3, 0.4) is 0 Å². The molecule has 2 N–H and O–H groups in total. The van der Waals surface area contributed by atoms with Crippen molar-refractivity contribution in [2.45, 2.75) is 12.9 Å². The summed E-state index contributed by atoms with van der Waals surface area (Å²) in [6, 6.07) is 1.71. The maximum absolute atomic E-state index is 12.0. The molecule has 1 aromatic rings. The van der Waals surface area contributed by atoms with Crippen LogP contribution in [0.25, 0.3) is 0 Å². The number of aromatic nitrogens is 1. The first-order valence-electron chi connectivity index (χ1n) is 3.92. The first-order chi connectivity index (χ1) is 7.39. The van der Waals surface area contributed by atoms with Crippen LogP contribution in [0, 0.1) is 11.3 Å². The van der Waals surface area contributed by atoms with Crippen LogP contribution < -0.4 is 10.5 Å². The lowest BCUT2D eigenvalue weighted by atomic mass is 10.2. The van der Waals surface area contributed by atoms with Crippen molar-refractivity contribution in [1.82, 2.24) is 4.98 Å². The fourth-order valence-corrected chi connectivity index (χ4v) is 1.54. The molecule has 0 spiro atoms. The zero-order valence-electron chi connectivity index (χ0n) is 7.68. The van der Waals surface area contributed by atoms with Gasteiger partial charge < -0.3 is 10.5 Å². The average Bonchev–Trinajstić information content (AvgIpc) is 2.16. The number of alkyl halides is 3. The fraction of sp³-hybridized carbons (Fsp3) is 0.250. The van der Waals surface area contributed by atoms with E-state index in [4.69, 9.17) is 11.0 Å². The molecule has 0 amide bonds. The Bertz CT molecular complexity index is 441. The van der Waals surface area contributed by atoms with Crippen LogP contribution in [-0.4, -0.2) is 11.3 Å². The van der Waals surface area contributed by atoms with Crippen LogP contribution in [-0.2, 0) is 6.54 Å². The highest BCUT2D eigenvalue weighted by Crippen LogP contribution is 2.31. The maximum atomic E-state index is 12.0. The molecule has 0 aromatic carbocycles. The molecule has 0 aliphatic heterocycles. The minimum Gasteiger partial charge on any atom is -0.404 e. The summed E-state index contributed by atoms with van der Waals surface area (Å²) in [6.45, 7) is -0.205. The third-order valence-electron chi connectivity index (χ3n) is 1.62. The van der Waals surface area contributed by atoms with Gasteiger partial charge in [0.1, 0.15) is 6.07 Å². The molecule has 0 unspecified atom stereocenters. The highest BCUT2D eigenvalue weighted by atomic mass is 79.9. The van der Waals surface area contributed by atoms with E-state index >= 15 is 0 Å².